The molecule has 0 radical (unpaired) electrons. The number of hydrogen-bond donors (Lipinski definition) is 2. The molecule has 1 spiro atoms. The van der Waals surface area contributed by atoms with Crippen molar-refractivity contribution in [1.29, 1.82) is 0 Å². The molecule has 5 nitrogen and oxygen atoms in total. The van der Waals surface area contributed by atoms with Gasteiger partial charge >= 0.3 is 5.97 Å². The molecular formula is C20H20N2O3. The van der Waals surface area contributed by atoms with Gasteiger partial charge in [-0.05, 0) is 49.3 Å². The number of fused-ring (bicyclic) bond motifs is 2. The molecule has 1 aromatic heterocycles. The lowest BCUT2D eigenvalue weighted by atomic mass is 9.87. The van der Waals surface area contributed by atoms with E-state index in [1.54, 1.807) is 12.3 Å². The summed E-state index contributed by atoms with van der Waals surface area (Å²) in [5, 5.41) is 12.8. The van der Waals surface area contributed by atoms with E-state index in [4.69, 9.17) is 4.74 Å². The summed E-state index contributed by atoms with van der Waals surface area (Å²) in [7, 11) is 0. The molecule has 0 amide bonds. The van der Waals surface area contributed by atoms with Gasteiger partial charge in [0.05, 0.1) is 24.1 Å². The lowest BCUT2D eigenvalue weighted by Gasteiger charge is -2.28. The van der Waals surface area contributed by atoms with Crippen LogP contribution in [-0.4, -0.2) is 28.7 Å². The van der Waals surface area contributed by atoms with Crippen LogP contribution >= 0.6 is 0 Å². The number of aromatic nitrogens is 1. The summed E-state index contributed by atoms with van der Waals surface area (Å²) >= 11 is 0. The molecule has 2 saturated carbocycles. The van der Waals surface area contributed by atoms with Crippen molar-refractivity contribution in [3.05, 3.63) is 53.3 Å². The summed E-state index contributed by atoms with van der Waals surface area (Å²) in [4.78, 5) is 15.5. The molecule has 2 N–H and O–H groups in total. The van der Waals surface area contributed by atoms with Crippen LogP contribution in [0.5, 0.6) is 5.75 Å². The third kappa shape index (κ3) is 2.37. The van der Waals surface area contributed by atoms with Crippen molar-refractivity contribution in [3.8, 4) is 5.75 Å². The average Bonchev–Trinajstić information content (AvgIpc) is 3.53. The van der Waals surface area contributed by atoms with Crippen LogP contribution in [0.3, 0.4) is 0 Å². The Labute approximate surface area is 146 Å². The maximum Gasteiger partial charge on any atom is 0.337 e. The van der Waals surface area contributed by atoms with E-state index in [1.165, 1.54) is 30.2 Å². The van der Waals surface area contributed by atoms with Crippen molar-refractivity contribution in [1.82, 2.24) is 4.98 Å². The molecule has 2 atom stereocenters. The lowest BCUT2D eigenvalue weighted by Crippen LogP contribution is -2.26. The molecule has 0 saturated heterocycles. The Bertz CT molecular complexity index is 862. The number of nitrogens with zero attached hydrogens (tertiary/aromatic N) is 1. The first-order chi connectivity index (χ1) is 12.2. The largest absolute Gasteiger partial charge is 0.493 e. The number of carbonyl (C=O) groups is 1. The summed E-state index contributed by atoms with van der Waals surface area (Å²) in [5.74, 6) is 0.805. The topological polar surface area (TPSA) is 71.5 Å². The van der Waals surface area contributed by atoms with Crippen LogP contribution in [0, 0.1) is 0 Å². The fraction of sp³-hybridized carbons (Fsp3) is 0.400. The van der Waals surface area contributed by atoms with Crippen molar-refractivity contribution in [2.45, 2.75) is 43.1 Å². The quantitative estimate of drug-likeness (QED) is 0.893. The summed E-state index contributed by atoms with van der Waals surface area (Å²) < 4.78 is 5.94. The standard InChI is InChI=1S/C20H20N2O3/c23-19(24)14-5-7-21-11-16(14)22-18-10-20(18)6-8-25-17-9-13(12-1-2-12)3-4-15(17)20/h3-5,7,9,11-12,18,22H,1-2,6,8,10H2,(H,23,24)/t18-,20+/m1/s1. The van der Waals surface area contributed by atoms with Gasteiger partial charge in [0.15, 0.2) is 0 Å². The highest BCUT2D eigenvalue weighted by molar-refractivity contribution is 5.94. The predicted octanol–water partition coefficient (Wildman–Crippen LogP) is 3.56. The number of pyridine rings is 1. The van der Waals surface area contributed by atoms with Gasteiger partial charge in [0.2, 0.25) is 0 Å². The number of ether oxygens (including phenoxy) is 1. The summed E-state index contributed by atoms with van der Waals surface area (Å²) in [6, 6.07) is 8.46. The zero-order chi connectivity index (χ0) is 17.0. The molecule has 0 bridgehead atoms. The van der Waals surface area contributed by atoms with Crippen LogP contribution in [0.4, 0.5) is 5.69 Å². The smallest absolute Gasteiger partial charge is 0.337 e. The number of carboxylic acids is 1. The first-order valence-corrected chi connectivity index (χ1v) is 8.88. The highest BCUT2D eigenvalue weighted by Gasteiger charge is 2.58. The van der Waals surface area contributed by atoms with Gasteiger partial charge in [0.1, 0.15) is 5.75 Å². The molecule has 2 aliphatic carbocycles. The zero-order valence-corrected chi connectivity index (χ0v) is 13.9. The van der Waals surface area contributed by atoms with Crippen molar-refractivity contribution < 1.29 is 14.6 Å². The second-order valence-electron chi connectivity index (χ2n) is 7.41. The molecule has 0 unspecified atom stereocenters. The molecule has 25 heavy (non-hydrogen) atoms. The lowest BCUT2D eigenvalue weighted by molar-refractivity contribution is 0.0697. The van der Waals surface area contributed by atoms with E-state index in [1.807, 2.05) is 0 Å². The number of rotatable bonds is 4. The van der Waals surface area contributed by atoms with Crippen molar-refractivity contribution >= 4 is 11.7 Å². The highest BCUT2D eigenvalue weighted by atomic mass is 16.5. The Hall–Kier alpha value is -2.56. The Morgan fingerprint density at radius 2 is 2.20 bits per heavy atom. The molecule has 128 valence electrons. The number of hydrogen-bond acceptors (Lipinski definition) is 4. The highest BCUT2D eigenvalue weighted by Crippen LogP contribution is 2.58. The Kier molecular flexibility index (Phi) is 3.08. The summed E-state index contributed by atoms with van der Waals surface area (Å²) in [6.45, 7) is 0.720. The normalized spacial score (nSPS) is 26.6. The monoisotopic (exact) mass is 336 g/mol. The molecule has 5 rings (SSSR count). The third-order valence-electron chi connectivity index (χ3n) is 5.85. The number of carboxylic acid groups (broad SMARTS) is 1. The van der Waals surface area contributed by atoms with Crippen molar-refractivity contribution in [2.24, 2.45) is 0 Å². The summed E-state index contributed by atoms with van der Waals surface area (Å²) in [6.07, 6.45) is 7.65. The predicted molar refractivity (Wildman–Crippen MR) is 93.4 cm³/mol. The molecular weight excluding hydrogens is 316 g/mol. The van der Waals surface area contributed by atoms with Crippen LogP contribution in [0.15, 0.2) is 36.7 Å². The first-order valence-electron chi connectivity index (χ1n) is 8.88. The fourth-order valence-corrected chi connectivity index (χ4v) is 4.17. The average molecular weight is 336 g/mol. The molecule has 5 heteroatoms. The van der Waals surface area contributed by atoms with Gasteiger partial charge in [-0.25, -0.2) is 4.79 Å². The maximum absolute atomic E-state index is 11.4. The van der Waals surface area contributed by atoms with Crippen LogP contribution in [0.2, 0.25) is 0 Å². The molecule has 3 aliphatic rings. The van der Waals surface area contributed by atoms with Gasteiger partial charge in [-0.1, -0.05) is 12.1 Å². The fourth-order valence-electron chi connectivity index (χ4n) is 4.17. The van der Waals surface area contributed by atoms with Crippen LogP contribution < -0.4 is 10.1 Å². The zero-order valence-electron chi connectivity index (χ0n) is 13.9. The van der Waals surface area contributed by atoms with Gasteiger partial charge < -0.3 is 15.2 Å². The molecule has 1 aromatic carbocycles. The number of aromatic carboxylic acids is 1. The van der Waals surface area contributed by atoms with Gasteiger partial charge in [-0.15, -0.1) is 0 Å². The molecule has 2 heterocycles. The van der Waals surface area contributed by atoms with Crippen molar-refractivity contribution in [2.75, 3.05) is 11.9 Å². The molecule has 2 fully saturated rings. The minimum Gasteiger partial charge on any atom is -0.493 e. The van der Waals surface area contributed by atoms with Crippen LogP contribution in [0.1, 0.15) is 53.1 Å². The van der Waals surface area contributed by atoms with Crippen molar-refractivity contribution in [3.63, 3.8) is 0 Å². The van der Waals surface area contributed by atoms with Gasteiger partial charge in [-0.3, -0.25) is 4.98 Å². The Morgan fingerprint density at radius 1 is 1.32 bits per heavy atom. The molecule has 2 aromatic rings. The second kappa shape index (κ2) is 5.22. The third-order valence-corrected chi connectivity index (χ3v) is 5.85. The maximum atomic E-state index is 11.4. The number of anilines is 1. The first kappa shape index (κ1) is 14.8. The molecule has 1 aliphatic heterocycles. The van der Waals surface area contributed by atoms with E-state index in [-0.39, 0.29) is 17.0 Å². The van der Waals surface area contributed by atoms with Gasteiger partial charge in [0.25, 0.3) is 0 Å². The van der Waals surface area contributed by atoms with E-state index in [0.717, 1.165) is 25.2 Å². The number of nitrogens with one attached hydrogen (secondary N) is 1. The van der Waals surface area contributed by atoms with Gasteiger partial charge in [0, 0.05) is 23.2 Å². The van der Waals surface area contributed by atoms with E-state index >= 15 is 0 Å². The summed E-state index contributed by atoms with van der Waals surface area (Å²) in [5.41, 5.74) is 3.58. The van der Waals surface area contributed by atoms with E-state index in [2.05, 4.69) is 28.5 Å². The SMILES string of the molecule is O=C(O)c1ccncc1N[C@@H]1C[C@]12CCOc1cc(C3CC3)ccc12. The Balaban J connectivity index is 1.43. The van der Waals surface area contributed by atoms with Crippen LogP contribution in [0.25, 0.3) is 0 Å². The van der Waals surface area contributed by atoms with E-state index in [0.29, 0.717) is 11.6 Å². The van der Waals surface area contributed by atoms with Gasteiger partial charge in [-0.2, -0.15) is 0 Å². The van der Waals surface area contributed by atoms with Crippen LogP contribution in [-0.2, 0) is 5.41 Å². The number of benzene rings is 1. The Morgan fingerprint density at radius 3 is 3.00 bits per heavy atom. The minimum atomic E-state index is -0.930. The van der Waals surface area contributed by atoms with E-state index < -0.39 is 5.97 Å². The van der Waals surface area contributed by atoms with E-state index in [9.17, 15) is 9.90 Å². The minimum absolute atomic E-state index is 0.0568. The second-order valence-corrected chi connectivity index (χ2v) is 7.41.